The first kappa shape index (κ1) is 15.0. The Morgan fingerprint density at radius 3 is 2.70 bits per heavy atom. The van der Waals surface area contributed by atoms with Crippen molar-refractivity contribution in [3.8, 4) is 11.5 Å². The first-order valence-corrected chi connectivity index (χ1v) is 7.72. The third-order valence-electron chi connectivity index (χ3n) is 3.43. The van der Waals surface area contributed by atoms with E-state index >= 15 is 0 Å². The molecular formula is C14H21N3O2S. The highest BCUT2D eigenvalue weighted by Gasteiger charge is 2.31. The van der Waals surface area contributed by atoms with E-state index in [2.05, 4.69) is 17.1 Å². The summed E-state index contributed by atoms with van der Waals surface area (Å²) in [5.74, 6) is 1.04. The number of rotatable bonds is 6. The van der Waals surface area contributed by atoms with Crippen molar-refractivity contribution < 1.29 is 9.26 Å². The summed E-state index contributed by atoms with van der Waals surface area (Å²) < 4.78 is 11.1. The van der Waals surface area contributed by atoms with Crippen LogP contribution in [-0.4, -0.2) is 16.7 Å². The average molecular weight is 295 g/mol. The zero-order chi connectivity index (χ0) is 14.8. The molecule has 0 spiro atoms. The van der Waals surface area contributed by atoms with Crippen molar-refractivity contribution in [3.63, 3.8) is 0 Å². The number of nitrogens with two attached hydrogens (primary N) is 1. The fourth-order valence-electron chi connectivity index (χ4n) is 1.99. The number of aromatic nitrogens is 2. The second kappa shape index (κ2) is 5.93. The lowest BCUT2D eigenvalue weighted by atomic mass is 10.0. The predicted molar refractivity (Wildman–Crippen MR) is 80.7 cm³/mol. The molecule has 0 bridgehead atoms. The summed E-state index contributed by atoms with van der Waals surface area (Å²) >= 11 is 1.56. The van der Waals surface area contributed by atoms with Crippen LogP contribution in [0.15, 0.2) is 10.6 Å². The average Bonchev–Trinajstić information content (AvgIpc) is 3.05. The predicted octanol–water partition coefficient (Wildman–Crippen LogP) is 3.60. The Morgan fingerprint density at radius 2 is 2.15 bits per heavy atom. The fraction of sp³-hybridized carbons (Fsp3) is 0.571. The molecule has 6 heteroatoms. The van der Waals surface area contributed by atoms with Crippen LogP contribution in [0, 0.1) is 0 Å². The lowest BCUT2D eigenvalue weighted by Gasteiger charge is -2.23. The molecule has 0 aliphatic carbocycles. The Bertz CT molecular complexity index is 579. The SMILES string of the molecule is CCOC(C)(CC)c1noc(-c2cc(CC)sc2N)n1. The molecule has 0 radical (unpaired) electrons. The Hall–Kier alpha value is -1.40. The van der Waals surface area contributed by atoms with Crippen molar-refractivity contribution in [2.45, 2.75) is 46.1 Å². The van der Waals surface area contributed by atoms with Crippen LogP contribution in [0.5, 0.6) is 0 Å². The summed E-state index contributed by atoms with van der Waals surface area (Å²) in [5, 5.41) is 4.78. The Kier molecular flexibility index (Phi) is 4.45. The van der Waals surface area contributed by atoms with Gasteiger partial charge in [0.1, 0.15) is 5.60 Å². The molecule has 2 aromatic rings. The van der Waals surface area contributed by atoms with Crippen molar-refractivity contribution in [1.29, 1.82) is 0 Å². The van der Waals surface area contributed by atoms with Crippen LogP contribution in [-0.2, 0) is 16.8 Å². The van der Waals surface area contributed by atoms with E-state index in [1.807, 2.05) is 26.8 Å². The molecule has 0 saturated carbocycles. The molecule has 2 aromatic heterocycles. The summed E-state index contributed by atoms with van der Waals surface area (Å²) in [7, 11) is 0. The number of anilines is 1. The lowest BCUT2D eigenvalue weighted by molar-refractivity contribution is -0.0403. The molecule has 1 unspecified atom stereocenters. The van der Waals surface area contributed by atoms with Crippen LogP contribution < -0.4 is 5.73 Å². The van der Waals surface area contributed by atoms with Gasteiger partial charge in [-0.05, 0) is 32.8 Å². The van der Waals surface area contributed by atoms with Gasteiger partial charge in [0.2, 0.25) is 5.82 Å². The van der Waals surface area contributed by atoms with E-state index in [0.29, 0.717) is 23.3 Å². The monoisotopic (exact) mass is 295 g/mol. The van der Waals surface area contributed by atoms with E-state index in [1.165, 1.54) is 4.88 Å². The van der Waals surface area contributed by atoms with E-state index in [9.17, 15) is 0 Å². The standard InChI is InChI=1S/C14H21N3O2S/c1-5-9-8-10(11(15)20-9)12-16-13(17-19-12)14(4,6-2)18-7-3/h8H,5-7,15H2,1-4H3. The van der Waals surface area contributed by atoms with E-state index in [4.69, 9.17) is 15.0 Å². The highest BCUT2D eigenvalue weighted by molar-refractivity contribution is 7.16. The van der Waals surface area contributed by atoms with Crippen molar-refractivity contribution >= 4 is 16.3 Å². The van der Waals surface area contributed by atoms with Gasteiger partial charge >= 0.3 is 0 Å². The summed E-state index contributed by atoms with van der Waals surface area (Å²) in [6.07, 6.45) is 1.72. The molecule has 2 rings (SSSR count). The molecule has 20 heavy (non-hydrogen) atoms. The molecule has 5 nitrogen and oxygen atoms in total. The van der Waals surface area contributed by atoms with Gasteiger partial charge in [0, 0.05) is 11.5 Å². The molecule has 0 aliphatic heterocycles. The van der Waals surface area contributed by atoms with E-state index < -0.39 is 5.60 Å². The number of nitrogen functional groups attached to an aromatic ring is 1. The molecule has 0 fully saturated rings. The normalized spacial score (nSPS) is 14.4. The van der Waals surface area contributed by atoms with Crippen LogP contribution in [0.4, 0.5) is 5.00 Å². The van der Waals surface area contributed by atoms with Crippen LogP contribution >= 0.6 is 11.3 Å². The minimum absolute atomic E-state index is 0.466. The number of aryl methyl sites for hydroxylation is 1. The van der Waals surface area contributed by atoms with Gasteiger partial charge in [-0.25, -0.2) is 0 Å². The quantitative estimate of drug-likeness (QED) is 0.881. The van der Waals surface area contributed by atoms with Crippen LogP contribution in [0.25, 0.3) is 11.5 Å². The minimum atomic E-state index is -0.519. The van der Waals surface area contributed by atoms with E-state index in [0.717, 1.165) is 18.4 Å². The van der Waals surface area contributed by atoms with E-state index in [-0.39, 0.29) is 0 Å². The molecule has 1 atom stereocenters. The molecule has 110 valence electrons. The highest BCUT2D eigenvalue weighted by atomic mass is 32.1. The molecule has 0 amide bonds. The number of ether oxygens (including phenoxy) is 1. The molecule has 0 aliphatic rings. The zero-order valence-corrected chi connectivity index (χ0v) is 13.2. The van der Waals surface area contributed by atoms with Gasteiger partial charge < -0.3 is 15.0 Å². The number of thiophene rings is 1. The second-order valence-corrected chi connectivity index (χ2v) is 5.95. The van der Waals surface area contributed by atoms with Crippen LogP contribution in [0.1, 0.15) is 44.8 Å². The summed E-state index contributed by atoms with van der Waals surface area (Å²) in [6, 6.07) is 2.02. The maximum Gasteiger partial charge on any atom is 0.261 e. The van der Waals surface area contributed by atoms with E-state index in [1.54, 1.807) is 11.3 Å². The first-order valence-electron chi connectivity index (χ1n) is 6.90. The smallest absolute Gasteiger partial charge is 0.261 e. The highest BCUT2D eigenvalue weighted by Crippen LogP contribution is 2.35. The Labute approximate surface area is 123 Å². The molecule has 2 heterocycles. The van der Waals surface area contributed by atoms with Gasteiger partial charge in [0.05, 0.1) is 10.6 Å². The van der Waals surface area contributed by atoms with Crippen molar-refractivity contribution in [3.05, 3.63) is 16.8 Å². The number of hydrogen-bond donors (Lipinski definition) is 1. The topological polar surface area (TPSA) is 74.2 Å². The van der Waals surface area contributed by atoms with Gasteiger partial charge in [-0.15, -0.1) is 11.3 Å². The number of nitrogens with zero attached hydrogens (tertiary/aromatic N) is 2. The largest absolute Gasteiger partial charge is 0.390 e. The molecule has 2 N–H and O–H groups in total. The van der Waals surface area contributed by atoms with Crippen LogP contribution in [0.2, 0.25) is 0 Å². The van der Waals surface area contributed by atoms with Gasteiger partial charge in [0.15, 0.2) is 0 Å². The van der Waals surface area contributed by atoms with Crippen LogP contribution in [0.3, 0.4) is 0 Å². The molecular weight excluding hydrogens is 274 g/mol. The maximum absolute atomic E-state index is 6.02. The maximum atomic E-state index is 6.02. The summed E-state index contributed by atoms with van der Waals surface area (Å²) in [4.78, 5) is 5.68. The lowest BCUT2D eigenvalue weighted by Crippen LogP contribution is -2.26. The van der Waals surface area contributed by atoms with Gasteiger partial charge in [-0.3, -0.25) is 0 Å². The third-order valence-corrected chi connectivity index (χ3v) is 4.54. The number of hydrogen-bond acceptors (Lipinski definition) is 6. The van der Waals surface area contributed by atoms with Crippen molar-refractivity contribution in [1.82, 2.24) is 10.1 Å². The molecule has 0 aromatic carbocycles. The second-order valence-electron chi connectivity index (χ2n) is 4.78. The van der Waals surface area contributed by atoms with Crippen molar-refractivity contribution in [2.24, 2.45) is 0 Å². The van der Waals surface area contributed by atoms with Gasteiger partial charge in [-0.2, -0.15) is 4.98 Å². The van der Waals surface area contributed by atoms with Gasteiger partial charge in [-0.1, -0.05) is 19.0 Å². The van der Waals surface area contributed by atoms with Gasteiger partial charge in [0.25, 0.3) is 5.89 Å². The van der Waals surface area contributed by atoms with Crippen molar-refractivity contribution in [2.75, 3.05) is 12.3 Å². The Balaban J connectivity index is 2.34. The Morgan fingerprint density at radius 1 is 1.40 bits per heavy atom. The first-order chi connectivity index (χ1) is 9.54. The summed E-state index contributed by atoms with van der Waals surface area (Å²) in [6.45, 7) is 8.67. The third kappa shape index (κ3) is 2.71. The summed E-state index contributed by atoms with van der Waals surface area (Å²) in [5.41, 5.74) is 6.32. The fourth-order valence-corrected chi connectivity index (χ4v) is 2.85. The zero-order valence-electron chi connectivity index (χ0n) is 12.4. The molecule has 0 saturated heterocycles. The minimum Gasteiger partial charge on any atom is -0.390 e.